The maximum Gasteiger partial charge on any atom is 0.108 e. The molecule has 2 N–H and O–H groups in total. The minimum Gasteiger partial charge on any atom is -0.381 e. The van der Waals surface area contributed by atoms with E-state index in [2.05, 4.69) is 9.55 Å². The zero-order valence-electron chi connectivity index (χ0n) is 9.93. The Labute approximate surface area is 96.8 Å². The molecule has 0 amide bonds. The molecule has 1 aliphatic heterocycles. The number of ether oxygens (including phenoxy) is 1. The van der Waals surface area contributed by atoms with Gasteiger partial charge in [-0.15, -0.1) is 0 Å². The Morgan fingerprint density at radius 3 is 3.19 bits per heavy atom. The van der Waals surface area contributed by atoms with E-state index in [1.54, 1.807) is 0 Å². The predicted molar refractivity (Wildman–Crippen MR) is 63.0 cm³/mol. The molecule has 1 saturated heterocycles. The second-order valence-corrected chi connectivity index (χ2v) is 4.63. The van der Waals surface area contributed by atoms with Crippen LogP contribution in [0, 0.1) is 5.92 Å². The zero-order valence-corrected chi connectivity index (χ0v) is 9.93. The van der Waals surface area contributed by atoms with Crippen molar-refractivity contribution >= 4 is 0 Å². The van der Waals surface area contributed by atoms with Crippen molar-refractivity contribution in [3.63, 3.8) is 0 Å². The van der Waals surface area contributed by atoms with E-state index in [0.717, 1.165) is 38.3 Å². The second kappa shape index (κ2) is 5.46. The van der Waals surface area contributed by atoms with Crippen LogP contribution in [0.2, 0.25) is 0 Å². The average molecular weight is 223 g/mol. The van der Waals surface area contributed by atoms with Gasteiger partial charge in [-0.25, -0.2) is 4.98 Å². The second-order valence-electron chi connectivity index (χ2n) is 4.63. The standard InChI is InChI=1S/C12H21N3O/c1-15-7-6-14-12(15)5-4-11(13)10-3-2-8-16-9-10/h6-7,10-11H,2-5,8-9,13H2,1H3. The number of aryl methyl sites for hydroxylation is 2. The summed E-state index contributed by atoms with van der Waals surface area (Å²) in [4.78, 5) is 4.31. The first-order valence-corrected chi connectivity index (χ1v) is 6.07. The van der Waals surface area contributed by atoms with Gasteiger partial charge in [-0.2, -0.15) is 0 Å². The number of imidazole rings is 1. The Morgan fingerprint density at radius 1 is 1.69 bits per heavy atom. The van der Waals surface area contributed by atoms with Gasteiger partial charge in [0.2, 0.25) is 0 Å². The van der Waals surface area contributed by atoms with Crippen LogP contribution in [0.4, 0.5) is 0 Å². The number of hydrogen-bond donors (Lipinski definition) is 1. The van der Waals surface area contributed by atoms with Gasteiger partial charge < -0.3 is 15.0 Å². The summed E-state index contributed by atoms with van der Waals surface area (Å²) in [6.45, 7) is 1.74. The lowest BCUT2D eigenvalue weighted by Crippen LogP contribution is -2.36. The highest BCUT2D eigenvalue weighted by atomic mass is 16.5. The topological polar surface area (TPSA) is 53.1 Å². The van der Waals surface area contributed by atoms with Crippen LogP contribution in [-0.2, 0) is 18.2 Å². The summed E-state index contributed by atoms with van der Waals surface area (Å²) < 4.78 is 7.52. The fourth-order valence-corrected chi connectivity index (χ4v) is 2.27. The lowest BCUT2D eigenvalue weighted by Gasteiger charge is -2.27. The monoisotopic (exact) mass is 223 g/mol. The van der Waals surface area contributed by atoms with Gasteiger partial charge in [0.15, 0.2) is 0 Å². The Balaban J connectivity index is 1.78. The van der Waals surface area contributed by atoms with Gasteiger partial charge in [0.05, 0.1) is 6.61 Å². The summed E-state index contributed by atoms with van der Waals surface area (Å²) >= 11 is 0. The first kappa shape index (κ1) is 11.6. The number of nitrogens with zero attached hydrogens (tertiary/aromatic N) is 2. The van der Waals surface area contributed by atoms with E-state index in [-0.39, 0.29) is 6.04 Å². The molecule has 2 unspecified atom stereocenters. The molecule has 0 radical (unpaired) electrons. The van der Waals surface area contributed by atoms with Crippen molar-refractivity contribution in [1.29, 1.82) is 0 Å². The van der Waals surface area contributed by atoms with Crippen LogP contribution in [0.3, 0.4) is 0 Å². The van der Waals surface area contributed by atoms with Gasteiger partial charge in [0, 0.05) is 38.5 Å². The number of aromatic nitrogens is 2. The van der Waals surface area contributed by atoms with Gasteiger partial charge in [-0.1, -0.05) is 0 Å². The molecule has 2 rings (SSSR count). The predicted octanol–water partition coefficient (Wildman–Crippen LogP) is 1.11. The first-order chi connectivity index (χ1) is 7.77. The minimum atomic E-state index is 0.247. The molecule has 4 nitrogen and oxygen atoms in total. The fraction of sp³-hybridized carbons (Fsp3) is 0.750. The lowest BCUT2D eigenvalue weighted by molar-refractivity contribution is 0.0438. The quantitative estimate of drug-likeness (QED) is 0.832. The summed E-state index contributed by atoms with van der Waals surface area (Å²) in [7, 11) is 2.03. The van der Waals surface area contributed by atoms with Crippen LogP contribution in [0.1, 0.15) is 25.1 Å². The van der Waals surface area contributed by atoms with Crippen molar-refractivity contribution in [1.82, 2.24) is 9.55 Å². The van der Waals surface area contributed by atoms with E-state index < -0.39 is 0 Å². The molecule has 2 atom stereocenters. The maximum absolute atomic E-state index is 6.20. The first-order valence-electron chi connectivity index (χ1n) is 6.07. The van der Waals surface area contributed by atoms with Gasteiger partial charge >= 0.3 is 0 Å². The van der Waals surface area contributed by atoms with Crippen molar-refractivity contribution in [2.75, 3.05) is 13.2 Å². The zero-order chi connectivity index (χ0) is 11.4. The summed E-state index contributed by atoms with van der Waals surface area (Å²) in [6, 6.07) is 0.247. The van der Waals surface area contributed by atoms with Gasteiger partial charge in [0.1, 0.15) is 5.82 Å². The highest BCUT2D eigenvalue weighted by Crippen LogP contribution is 2.19. The molecule has 1 aromatic rings. The van der Waals surface area contributed by atoms with Crippen molar-refractivity contribution in [2.24, 2.45) is 18.7 Å². The van der Waals surface area contributed by atoms with Crippen molar-refractivity contribution in [2.45, 2.75) is 31.7 Å². The smallest absolute Gasteiger partial charge is 0.108 e. The molecule has 1 aromatic heterocycles. The Hall–Kier alpha value is -0.870. The van der Waals surface area contributed by atoms with Crippen LogP contribution >= 0.6 is 0 Å². The van der Waals surface area contributed by atoms with E-state index in [9.17, 15) is 0 Å². The molecule has 90 valence electrons. The van der Waals surface area contributed by atoms with Crippen LogP contribution in [-0.4, -0.2) is 28.8 Å². The minimum absolute atomic E-state index is 0.247. The molecule has 1 fully saturated rings. The van der Waals surface area contributed by atoms with Crippen molar-refractivity contribution in [3.05, 3.63) is 18.2 Å². The molecule has 0 saturated carbocycles. The van der Waals surface area contributed by atoms with E-state index >= 15 is 0 Å². The molecule has 2 heterocycles. The lowest BCUT2D eigenvalue weighted by atomic mass is 9.91. The molecule has 4 heteroatoms. The van der Waals surface area contributed by atoms with Crippen LogP contribution in [0.25, 0.3) is 0 Å². The van der Waals surface area contributed by atoms with E-state index in [1.165, 1.54) is 6.42 Å². The molecule has 0 aliphatic carbocycles. The highest BCUT2D eigenvalue weighted by Gasteiger charge is 2.21. The number of rotatable bonds is 4. The van der Waals surface area contributed by atoms with E-state index in [0.29, 0.717) is 5.92 Å². The third kappa shape index (κ3) is 2.83. The summed E-state index contributed by atoms with van der Waals surface area (Å²) in [5.41, 5.74) is 6.20. The highest BCUT2D eigenvalue weighted by molar-refractivity contribution is 4.92. The Morgan fingerprint density at radius 2 is 2.56 bits per heavy atom. The Kier molecular flexibility index (Phi) is 3.96. The van der Waals surface area contributed by atoms with Gasteiger partial charge in [-0.05, 0) is 25.2 Å². The van der Waals surface area contributed by atoms with Crippen LogP contribution in [0.5, 0.6) is 0 Å². The summed E-state index contributed by atoms with van der Waals surface area (Å²) in [5.74, 6) is 1.65. The molecular formula is C12H21N3O. The van der Waals surface area contributed by atoms with Crippen LogP contribution in [0.15, 0.2) is 12.4 Å². The van der Waals surface area contributed by atoms with E-state index in [4.69, 9.17) is 10.5 Å². The Bertz CT molecular complexity index is 318. The number of hydrogen-bond acceptors (Lipinski definition) is 3. The van der Waals surface area contributed by atoms with Crippen molar-refractivity contribution < 1.29 is 4.74 Å². The normalized spacial score (nSPS) is 23.2. The molecule has 0 bridgehead atoms. The third-order valence-corrected chi connectivity index (χ3v) is 3.42. The summed E-state index contributed by atoms with van der Waals surface area (Å²) in [5, 5.41) is 0. The molecule has 0 aromatic carbocycles. The SMILES string of the molecule is Cn1ccnc1CCC(N)C1CCCOC1. The molecule has 0 spiro atoms. The third-order valence-electron chi connectivity index (χ3n) is 3.42. The number of nitrogens with two attached hydrogens (primary N) is 1. The largest absolute Gasteiger partial charge is 0.381 e. The fourth-order valence-electron chi connectivity index (χ4n) is 2.27. The molecule has 1 aliphatic rings. The summed E-state index contributed by atoms with van der Waals surface area (Å²) in [6.07, 6.45) is 8.14. The molecular weight excluding hydrogens is 202 g/mol. The molecule has 16 heavy (non-hydrogen) atoms. The van der Waals surface area contributed by atoms with Crippen LogP contribution < -0.4 is 5.73 Å². The van der Waals surface area contributed by atoms with Gasteiger partial charge in [-0.3, -0.25) is 0 Å². The van der Waals surface area contributed by atoms with Crippen molar-refractivity contribution in [3.8, 4) is 0 Å². The maximum atomic E-state index is 6.20. The van der Waals surface area contributed by atoms with E-state index in [1.807, 2.05) is 19.4 Å². The average Bonchev–Trinajstić information content (AvgIpc) is 2.73. The van der Waals surface area contributed by atoms with Gasteiger partial charge in [0.25, 0.3) is 0 Å².